The molecule has 0 saturated heterocycles. The fourth-order valence-electron chi connectivity index (χ4n) is 1.75. The molecule has 1 N–H and O–H groups in total. The molecule has 19 heavy (non-hydrogen) atoms. The van der Waals surface area contributed by atoms with Crippen LogP contribution in [0.3, 0.4) is 0 Å². The first kappa shape index (κ1) is 14.2. The molecule has 0 aliphatic heterocycles. The summed E-state index contributed by atoms with van der Waals surface area (Å²) in [7, 11) is 0. The highest BCUT2D eigenvalue weighted by atomic mass is 35.5. The molecule has 0 spiro atoms. The van der Waals surface area contributed by atoms with Crippen molar-refractivity contribution in [1.82, 2.24) is 9.78 Å². The van der Waals surface area contributed by atoms with E-state index in [0.29, 0.717) is 22.6 Å². The molecule has 1 heterocycles. The van der Waals surface area contributed by atoms with Crippen molar-refractivity contribution in [1.29, 1.82) is 0 Å². The Morgan fingerprint density at radius 3 is 2.58 bits per heavy atom. The van der Waals surface area contributed by atoms with Gasteiger partial charge in [0, 0.05) is 12.2 Å². The molecule has 0 fully saturated rings. The van der Waals surface area contributed by atoms with Gasteiger partial charge in [0.25, 0.3) is 0 Å². The molecule has 1 atom stereocenters. The van der Waals surface area contributed by atoms with E-state index in [4.69, 9.17) is 23.2 Å². The second-order valence-corrected chi connectivity index (χ2v) is 5.31. The minimum Gasteiger partial charge on any atom is -0.377 e. The normalized spacial score (nSPS) is 12.4. The Hall–Kier alpha value is -1.19. The Morgan fingerprint density at radius 2 is 1.95 bits per heavy atom. The largest absolute Gasteiger partial charge is 0.377 e. The minimum atomic E-state index is 0.414. The van der Waals surface area contributed by atoms with Gasteiger partial charge in [-0.25, -0.2) is 0 Å². The summed E-state index contributed by atoms with van der Waals surface area (Å²) in [5, 5.41) is 8.99. The Labute approximate surface area is 123 Å². The van der Waals surface area contributed by atoms with Gasteiger partial charge in [-0.05, 0) is 31.5 Å². The molecule has 1 aromatic heterocycles. The molecule has 3 nitrogen and oxygen atoms in total. The van der Waals surface area contributed by atoms with Gasteiger partial charge in [-0.1, -0.05) is 36.2 Å². The van der Waals surface area contributed by atoms with Gasteiger partial charge < -0.3 is 5.32 Å². The van der Waals surface area contributed by atoms with E-state index < -0.39 is 0 Å². The summed E-state index contributed by atoms with van der Waals surface area (Å²) >= 11 is 12.2. The zero-order valence-electron chi connectivity index (χ0n) is 11.0. The zero-order chi connectivity index (χ0) is 13.8. The molecule has 0 aliphatic carbocycles. The molecule has 0 aliphatic rings. The maximum atomic E-state index is 6.10. The van der Waals surface area contributed by atoms with Crippen LogP contribution in [0, 0.1) is 0 Å². The van der Waals surface area contributed by atoms with Crippen molar-refractivity contribution in [2.45, 2.75) is 32.9 Å². The standard InChI is InChI=1S/C14H17Cl2N3/c1-3-10(2)19-8-7-11(18-19)9-17-14-12(15)5-4-6-13(14)16/h4-8,10,17H,3,9H2,1-2H3. The van der Waals surface area contributed by atoms with Crippen molar-refractivity contribution in [3.63, 3.8) is 0 Å². The molecule has 0 saturated carbocycles. The maximum Gasteiger partial charge on any atom is 0.0815 e. The van der Waals surface area contributed by atoms with E-state index in [1.807, 2.05) is 35.1 Å². The van der Waals surface area contributed by atoms with Crippen LogP contribution in [0.4, 0.5) is 5.69 Å². The summed E-state index contributed by atoms with van der Waals surface area (Å²) in [5.41, 5.74) is 1.72. The molecule has 1 aromatic carbocycles. The van der Waals surface area contributed by atoms with Crippen LogP contribution in [-0.4, -0.2) is 9.78 Å². The fourth-order valence-corrected chi connectivity index (χ4v) is 2.28. The fraction of sp³-hybridized carbons (Fsp3) is 0.357. The molecule has 102 valence electrons. The third kappa shape index (κ3) is 3.43. The molecule has 2 aromatic rings. The van der Waals surface area contributed by atoms with Crippen molar-refractivity contribution >= 4 is 28.9 Å². The number of para-hydroxylation sites is 1. The van der Waals surface area contributed by atoms with Crippen LogP contribution in [-0.2, 0) is 6.54 Å². The van der Waals surface area contributed by atoms with Crippen LogP contribution in [0.25, 0.3) is 0 Å². The van der Waals surface area contributed by atoms with Crippen LogP contribution >= 0.6 is 23.2 Å². The first-order chi connectivity index (χ1) is 9.11. The van der Waals surface area contributed by atoms with E-state index in [1.165, 1.54) is 0 Å². The molecule has 0 amide bonds. The predicted octanol–water partition coefficient (Wildman–Crippen LogP) is 4.77. The number of nitrogens with one attached hydrogen (secondary N) is 1. The van der Waals surface area contributed by atoms with Crippen molar-refractivity contribution in [2.75, 3.05) is 5.32 Å². The SMILES string of the molecule is CCC(C)n1ccc(CNc2c(Cl)cccc2Cl)n1. The highest BCUT2D eigenvalue weighted by molar-refractivity contribution is 6.39. The summed E-state index contributed by atoms with van der Waals surface area (Å²) in [5.74, 6) is 0. The van der Waals surface area contributed by atoms with E-state index in [9.17, 15) is 0 Å². The van der Waals surface area contributed by atoms with Gasteiger partial charge in [-0.15, -0.1) is 0 Å². The number of hydrogen-bond acceptors (Lipinski definition) is 2. The molecular weight excluding hydrogens is 281 g/mol. The molecule has 5 heteroatoms. The summed E-state index contributed by atoms with van der Waals surface area (Å²) in [4.78, 5) is 0. The van der Waals surface area contributed by atoms with Gasteiger partial charge >= 0.3 is 0 Å². The highest BCUT2D eigenvalue weighted by Crippen LogP contribution is 2.30. The second-order valence-electron chi connectivity index (χ2n) is 4.49. The third-order valence-electron chi connectivity index (χ3n) is 3.12. The maximum absolute atomic E-state index is 6.10. The van der Waals surface area contributed by atoms with Crippen LogP contribution in [0.5, 0.6) is 0 Å². The lowest BCUT2D eigenvalue weighted by Crippen LogP contribution is -2.06. The summed E-state index contributed by atoms with van der Waals surface area (Å²) in [6.45, 7) is 4.90. The van der Waals surface area contributed by atoms with Crippen LogP contribution in [0.2, 0.25) is 10.0 Å². The summed E-state index contributed by atoms with van der Waals surface area (Å²) in [6.07, 6.45) is 3.06. The van der Waals surface area contributed by atoms with Crippen LogP contribution in [0.15, 0.2) is 30.5 Å². The molecule has 2 rings (SSSR count). The quantitative estimate of drug-likeness (QED) is 0.861. The Morgan fingerprint density at radius 1 is 1.26 bits per heavy atom. The Kier molecular flexibility index (Phi) is 4.72. The van der Waals surface area contributed by atoms with E-state index >= 15 is 0 Å². The number of rotatable bonds is 5. The van der Waals surface area contributed by atoms with Gasteiger partial charge in [-0.3, -0.25) is 4.68 Å². The average molecular weight is 298 g/mol. The van der Waals surface area contributed by atoms with Gasteiger partial charge in [-0.2, -0.15) is 5.10 Å². The van der Waals surface area contributed by atoms with Crippen LogP contribution < -0.4 is 5.32 Å². The number of anilines is 1. The Balaban J connectivity index is 2.05. The first-order valence-corrected chi connectivity index (χ1v) is 7.09. The highest BCUT2D eigenvalue weighted by Gasteiger charge is 2.07. The van der Waals surface area contributed by atoms with E-state index in [0.717, 1.165) is 17.8 Å². The second kappa shape index (κ2) is 6.31. The van der Waals surface area contributed by atoms with Gasteiger partial charge in [0.1, 0.15) is 0 Å². The smallest absolute Gasteiger partial charge is 0.0815 e. The van der Waals surface area contributed by atoms with Crippen molar-refractivity contribution < 1.29 is 0 Å². The van der Waals surface area contributed by atoms with Crippen molar-refractivity contribution in [3.8, 4) is 0 Å². The third-order valence-corrected chi connectivity index (χ3v) is 3.74. The number of halogens is 2. The predicted molar refractivity (Wildman–Crippen MR) is 81.0 cm³/mol. The number of hydrogen-bond donors (Lipinski definition) is 1. The van der Waals surface area contributed by atoms with Gasteiger partial charge in [0.15, 0.2) is 0 Å². The lowest BCUT2D eigenvalue weighted by molar-refractivity contribution is 0.474. The average Bonchev–Trinajstić information content (AvgIpc) is 2.86. The molecular formula is C14H17Cl2N3. The summed E-state index contributed by atoms with van der Waals surface area (Å²) < 4.78 is 1.98. The topological polar surface area (TPSA) is 29.9 Å². The number of aromatic nitrogens is 2. The first-order valence-electron chi connectivity index (χ1n) is 6.33. The van der Waals surface area contributed by atoms with E-state index in [-0.39, 0.29) is 0 Å². The molecule has 0 bridgehead atoms. The van der Waals surface area contributed by atoms with E-state index in [1.54, 1.807) is 0 Å². The zero-order valence-corrected chi connectivity index (χ0v) is 12.5. The molecule has 0 radical (unpaired) electrons. The van der Waals surface area contributed by atoms with E-state index in [2.05, 4.69) is 24.3 Å². The van der Waals surface area contributed by atoms with Crippen LogP contribution in [0.1, 0.15) is 32.0 Å². The van der Waals surface area contributed by atoms with Crippen molar-refractivity contribution in [2.24, 2.45) is 0 Å². The Bertz CT molecular complexity index is 531. The monoisotopic (exact) mass is 297 g/mol. The van der Waals surface area contributed by atoms with Gasteiger partial charge in [0.2, 0.25) is 0 Å². The number of nitrogens with zero attached hydrogens (tertiary/aromatic N) is 2. The van der Waals surface area contributed by atoms with Gasteiger partial charge in [0.05, 0.1) is 28.0 Å². The molecule has 1 unspecified atom stereocenters. The lowest BCUT2D eigenvalue weighted by Gasteiger charge is -2.10. The minimum absolute atomic E-state index is 0.414. The van der Waals surface area contributed by atoms with Crippen molar-refractivity contribution in [3.05, 3.63) is 46.2 Å². The summed E-state index contributed by atoms with van der Waals surface area (Å²) in [6, 6.07) is 7.87. The number of benzene rings is 1. The lowest BCUT2D eigenvalue weighted by atomic mass is 10.3.